The Balaban J connectivity index is 2.19. The largest absolute Gasteiger partial charge is 0.489 e. The van der Waals surface area contributed by atoms with Crippen molar-refractivity contribution in [3.8, 4) is 5.75 Å². The zero-order chi connectivity index (χ0) is 14.5. The summed E-state index contributed by atoms with van der Waals surface area (Å²) >= 11 is 3.50. The molecule has 3 nitrogen and oxygen atoms in total. The van der Waals surface area contributed by atoms with Crippen LogP contribution in [-0.4, -0.2) is 17.3 Å². The van der Waals surface area contributed by atoms with E-state index in [2.05, 4.69) is 34.2 Å². The van der Waals surface area contributed by atoms with Gasteiger partial charge in [-0.05, 0) is 37.5 Å². The van der Waals surface area contributed by atoms with E-state index in [0.29, 0.717) is 0 Å². The molecule has 1 atom stereocenters. The highest BCUT2D eigenvalue weighted by Gasteiger charge is 2.44. The van der Waals surface area contributed by atoms with Gasteiger partial charge >= 0.3 is 0 Å². The second kappa shape index (κ2) is 4.76. The van der Waals surface area contributed by atoms with Crippen LogP contribution in [0.1, 0.15) is 43.9 Å². The van der Waals surface area contributed by atoms with Crippen molar-refractivity contribution in [1.82, 2.24) is 0 Å². The third-order valence-electron chi connectivity index (χ3n) is 4.29. The molecule has 1 aromatic carbocycles. The van der Waals surface area contributed by atoms with Crippen LogP contribution in [-0.2, 0) is 23.1 Å². The van der Waals surface area contributed by atoms with Crippen molar-refractivity contribution in [2.45, 2.75) is 51.6 Å². The molecule has 108 valence electrons. The van der Waals surface area contributed by atoms with Gasteiger partial charge in [0.05, 0.1) is 11.1 Å². The van der Waals surface area contributed by atoms with Gasteiger partial charge in [0.2, 0.25) is 5.91 Å². The number of hydrogen-bond donors (Lipinski definition) is 1. The Bertz CT molecular complexity index is 580. The van der Waals surface area contributed by atoms with Crippen LogP contribution in [0.2, 0.25) is 0 Å². The Morgan fingerprint density at radius 1 is 1.50 bits per heavy atom. The molecule has 0 spiro atoms. The van der Waals surface area contributed by atoms with Crippen LogP contribution in [0.5, 0.6) is 5.75 Å². The first-order valence-corrected chi connectivity index (χ1v) is 8.34. The third-order valence-corrected chi connectivity index (χ3v) is 5.02. The second-order valence-electron chi connectivity index (χ2n) is 6.20. The van der Waals surface area contributed by atoms with E-state index in [4.69, 9.17) is 4.74 Å². The first-order chi connectivity index (χ1) is 9.48. The zero-order valence-electron chi connectivity index (χ0n) is 12.2. The van der Waals surface area contributed by atoms with Crippen LogP contribution in [0.25, 0.3) is 0 Å². The van der Waals surface area contributed by atoms with Crippen LogP contribution < -0.4 is 10.1 Å². The molecule has 4 heteroatoms. The normalized spacial score (nSPS) is 22.2. The van der Waals surface area contributed by atoms with Gasteiger partial charge in [0.25, 0.3) is 0 Å². The molecule has 0 aliphatic carbocycles. The zero-order valence-corrected chi connectivity index (χ0v) is 13.8. The molecule has 0 radical (unpaired) electrons. The van der Waals surface area contributed by atoms with Gasteiger partial charge in [-0.3, -0.25) is 4.79 Å². The number of aryl methyl sites for hydroxylation is 1. The lowest BCUT2D eigenvalue weighted by Gasteiger charge is -2.19. The molecule has 3 rings (SSSR count). The predicted octanol–water partition coefficient (Wildman–Crippen LogP) is 3.57. The van der Waals surface area contributed by atoms with E-state index in [1.54, 1.807) is 0 Å². The summed E-state index contributed by atoms with van der Waals surface area (Å²) in [4.78, 5) is 12.3. The number of rotatable bonds is 3. The first-order valence-electron chi connectivity index (χ1n) is 7.22. The summed E-state index contributed by atoms with van der Waals surface area (Å²) in [5.41, 5.74) is 4.05. The van der Waals surface area contributed by atoms with Gasteiger partial charge in [-0.1, -0.05) is 29.3 Å². The van der Waals surface area contributed by atoms with Crippen LogP contribution >= 0.6 is 15.9 Å². The fraction of sp³-hybridized carbons (Fsp3) is 0.562. The average Bonchev–Trinajstić information content (AvgIpc) is 2.90. The lowest BCUT2D eigenvalue weighted by Crippen LogP contribution is -2.27. The molecule has 0 saturated carbocycles. The smallest absolute Gasteiger partial charge is 0.234 e. The van der Waals surface area contributed by atoms with Gasteiger partial charge in [-0.2, -0.15) is 0 Å². The number of ether oxygens (including phenoxy) is 1. The van der Waals surface area contributed by atoms with Crippen LogP contribution in [0.4, 0.5) is 5.69 Å². The van der Waals surface area contributed by atoms with E-state index in [-0.39, 0.29) is 12.0 Å². The van der Waals surface area contributed by atoms with Crippen molar-refractivity contribution < 1.29 is 9.53 Å². The minimum absolute atomic E-state index is 0.0733. The molecule has 1 N–H and O–H groups in total. The van der Waals surface area contributed by atoms with Crippen LogP contribution in [0.3, 0.4) is 0 Å². The standard InChI is InChI=1S/C16H20BrNO2/c1-4-5-9-6-10-7-11(8-17)20-14(10)12-13(9)18-15(19)16(12,2)3/h6,11H,4-5,7-8H2,1-3H3,(H,18,19). The van der Waals surface area contributed by atoms with Crippen molar-refractivity contribution in [2.75, 3.05) is 10.6 Å². The van der Waals surface area contributed by atoms with E-state index in [0.717, 1.165) is 41.6 Å². The Kier molecular flexibility index (Phi) is 3.32. The summed E-state index contributed by atoms with van der Waals surface area (Å²) < 4.78 is 6.08. The van der Waals surface area contributed by atoms with Crippen LogP contribution in [0, 0.1) is 0 Å². The highest BCUT2D eigenvalue weighted by molar-refractivity contribution is 9.09. The van der Waals surface area contributed by atoms with Gasteiger partial charge in [-0.25, -0.2) is 0 Å². The summed E-state index contributed by atoms with van der Waals surface area (Å²) in [6.45, 7) is 6.13. The van der Waals surface area contributed by atoms with Crippen molar-refractivity contribution in [3.05, 3.63) is 22.8 Å². The molecule has 2 aliphatic heterocycles. The average molecular weight is 338 g/mol. The lowest BCUT2D eigenvalue weighted by atomic mass is 9.83. The molecule has 0 saturated heterocycles. The molecule has 0 fully saturated rings. The molecule has 2 aliphatic rings. The van der Waals surface area contributed by atoms with E-state index >= 15 is 0 Å². The number of benzene rings is 1. The Hall–Kier alpha value is -1.03. The monoisotopic (exact) mass is 337 g/mol. The van der Waals surface area contributed by atoms with Crippen molar-refractivity contribution in [2.24, 2.45) is 0 Å². The summed E-state index contributed by atoms with van der Waals surface area (Å²) in [5.74, 6) is 1.01. The number of nitrogens with one attached hydrogen (secondary N) is 1. The number of alkyl halides is 1. The highest BCUT2D eigenvalue weighted by Crippen LogP contribution is 2.49. The topological polar surface area (TPSA) is 38.3 Å². The van der Waals surface area contributed by atoms with E-state index in [9.17, 15) is 4.79 Å². The fourth-order valence-corrected chi connectivity index (χ4v) is 3.56. The third kappa shape index (κ3) is 1.88. The van der Waals surface area contributed by atoms with E-state index in [1.807, 2.05) is 13.8 Å². The number of hydrogen-bond acceptors (Lipinski definition) is 2. The maximum absolute atomic E-state index is 12.3. The molecule has 20 heavy (non-hydrogen) atoms. The van der Waals surface area contributed by atoms with Crippen molar-refractivity contribution in [3.63, 3.8) is 0 Å². The molecular weight excluding hydrogens is 318 g/mol. The van der Waals surface area contributed by atoms with Crippen LogP contribution in [0.15, 0.2) is 6.07 Å². The molecule has 2 heterocycles. The summed E-state index contributed by atoms with van der Waals surface area (Å²) in [6, 6.07) is 2.22. The number of anilines is 1. The Labute approximate surface area is 128 Å². The second-order valence-corrected chi connectivity index (χ2v) is 6.85. The minimum atomic E-state index is -0.510. The fourth-order valence-electron chi connectivity index (χ4n) is 3.20. The molecule has 0 aromatic heterocycles. The van der Waals surface area contributed by atoms with Gasteiger partial charge in [0, 0.05) is 17.3 Å². The van der Waals surface area contributed by atoms with Crippen molar-refractivity contribution >= 4 is 27.5 Å². The SMILES string of the molecule is CCCc1cc2c(c3c1NC(=O)C3(C)C)OC(CBr)C2. The lowest BCUT2D eigenvalue weighted by molar-refractivity contribution is -0.119. The molecule has 1 unspecified atom stereocenters. The summed E-state index contributed by atoms with van der Waals surface area (Å²) in [7, 11) is 0. The Morgan fingerprint density at radius 3 is 2.90 bits per heavy atom. The van der Waals surface area contributed by atoms with E-state index in [1.165, 1.54) is 11.1 Å². The van der Waals surface area contributed by atoms with Gasteiger partial charge in [0.1, 0.15) is 11.9 Å². The van der Waals surface area contributed by atoms with Gasteiger partial charge in [-0.15, -0.1) is 0 Å². The minimum Gasteiger partial charge on any atom is -0.489 e. The molecule has 1 amide bonds. The Morgan fingerprint density at radius 2 is 2.25 bits per heavy atom. The molecule has 0 bridgehead atoms. The number of halogens is 1. The maximum Gasteiger partial charge on any atom is 0.234 e. The number of amides is 1. The predicted molar refractivity (Wildman–Crippen MR) is 84.0 cm³/mol. The quantitative estimate of drug-likeness (QED) is 0.856. The summed E-state index contributed by atoms with van der Waals surface area (Å²) in [5, 5.41) is 3.89. The number of carbonyl (C=O) groups is 1. The molecular formula is C16H20BrNO2. The van der Waals surface area contributed by atoms with Crippen molar-refractivity contribution in [1.29, 1.82) is 0 Å². The number of carbonyl (C=O) groups excluding carboxylic acids is 1. The maximum atomic E-state index is 12.3. The first kappa shape index (κ1) is 13.9. The molecule has 1 aromatic rings. The number of fused-ring (bicyclic) bond motifs is 3. The summed E-state index contributed by atoms with van der Waals surface area (Å²) in [6.07, 6.45) is 3.17. The van der Waals surface area contributed by atoms with E-state index < -0.39 is 5.41 Å². The van der Waals surface area contributed by atoms with Gasteiger partial charge < -0.3 is 10.1 Å². The highest BCUT2D eigenvalue weighted by atomic mass is 79.9. The van der Waals surface area contributed by atoms with Gasteiger partial charge in [0.15, 0.2) is 0 Å².